The summed E-state index contributed by atoms with van der Waals surface area (Å²) in [6, 6.07) is 13.1. The highest BCUT2D eigenvalue weighted by Crippen LogP contribution is 2.37. The van der Waals surface area contributed by atoms with Crippen molar-refractivity contribution in [2.45, 2.75) is 31.0 Å². The fourth-order valence-electron chi connectivity index (χ4n) is 2.52. The number of hydrogen-bond donors (Lipinski definition) is 1. The molecule has 1 unspecified atom stereocenters. The SMILES string of the molecule is Cc1nc(C)c(C#N)c(SC(C(=O)Nc2cc(C)on2)c2ccccc2)n1. The molecule has 8 heteroatoms. The van der Waals surface area contributed by atoms with Crippen LogP contribution in [0.15, 0.2) is 45.9 Å². The molecule has 1 N–H and O–H groups in total. The van der Waals surface area contributed by atoms with Crippen molar-refractivity contribution in [2.24, 2.45) is 0 Å². The normalized spacial score (nSPS) is 11.6. The molecular weight excluding hydrogens is 362 g/mol. The van der Waals surface area contributed by atoms with Crippen LogP contribution in [-0.4, -0.2) is 21.0 Å². The number of carbonyl (C=O) groups excluding carboxylic acids is 1. The smallest absolute Gasteiger partial charge is 0.243 e. The summed E-state index contributed by atoms with van der Waals surface area (Å²) in [5.74, 6) is 1.21. The van der Waals surface area contributed by atoms with Gasteiger partial charge in [-0.25, -0.2) is 9.97 Å². The molecule has 0 saturated carbocycles. The Balaban J connectivity index is 1.96. The molecule has 1 atom stereocenters. The molecule has 136 valence electrons. The van der Waals surface area contributed by atoms with Crippen LogP contribution in [0.4, 0.5) is 5.82 Å². The van der Waals surface area contributed by atoms with E-state index in [1.807, 2.05) is 30.3 Å². The van der Waals surface area contributed by atoms with E-state index in [1.54, 1.807) is 26.8 Å². The Morgan fingerprint density at radius 3 is 2.59 bits per heavy atom. The highest BCUT2D eigenvalue weighted by atomic mass is 32.2. The number of benzene rings is 1. The third kappa shape index (κ3) is 4.33. The molecule has 0 bridgehead atoms. The number of hydrogen-bond acceptors (Lipinski definition) is 7. The Labute approximate surface area is 160 Å². The minimum Gasteiger partial charge on any atom is -0.360 e. The van der Waals surface area contributed by atoms with Crippen LogP contribution in [0.3, 0.4) is 0 Å². The second-order valence-electron chi connectivity index (χ2n) is 5.87. The van der Waals surface area contributed by atoms with E-state index in [0.717, 1.165) is 5.56 Å². The van der Waals surface area contributed by atoms with E-state index in [1.165, 1.54) is 11.8 Å². The maximum absolute atomic E-state index is 13.0. The van der Waals surface area contributed by atoms with Gasteiger partial charge in [0.25, 0.3) is 0 Å². The zero-order chi connectivity index (χ0) is 19.4. The molecule has 3 aromatic rings. The van der Waals surface area contributed by atoms with E-state index in [-0.39, 0.29) is 5.91 Å². The lowest BCUT2D eigenvalue weighted by Crippen LogP contribution is -2.19. The van der Waals surface area contributed by atoms with Crippen molar-refractivity contribution in [3.63, 3.8) is 0 Å². The summed E-state index contributed by atoms with van der Waals surface area (Å²) in [5, 5.41) is 15.9. The van der Waals surface area contributed by atoms with Gasteiger partial charge in [0, 0.05) is 6.07 Å². The van der Waals surface area contributed by atoms with Crippen LogP contribution in [0.5, 0.6) is 0 Å². The van der Waals surface area contributed by atoms with E-state index in [2.05, 4.69) is 26.5 Å². The summed E-state index contributed by atoms with van der Waals surface area (Å²) in [7, 11) is 0. The molecule has 27 heavy (non-hydrogen) atoms. The first kappa shape index (κ1) is 18.6. The lowest BCUT2D eigenvalue weighted by molar-refractivity contribution is -0.115. The quantitative estimate of drug-likeness (QED) is 0.532. The topological polar surface area (TPSA) is 105 Å². The number of nitrogens with zero attached hydrogens (tertiary/aromatic N) is 4. The average Bonchev–Trinajstić information content (AvgIpc) is 3.04. The summed E-state index contributed by atoms with van der Waals surface area (Å²) >= 11 is 1.21. The van der Waals surface area contributed by atoms with Gasteiger partial charge in [0.15, 0.2) is 5.82 Å². The number of anilines is 1. The molecule has 0 aliphatic heterocycles. The highest BCUT2D eigenvalue weighted by Gasteiger charge is 2.26. The number of aromatic nitrogens is 3. The zero-order valence-electron chi connectivity index (χ0n) is 15.1. The minimum atomic E-state index is -0.621. The summed E-state index contributed by atoms with van der Waals surface area (Å²) in [6.45, 7) is 5.26. The van der Waals surface area contributed by atoms with E-state index >= 15 is 0 Å². The molecule has 0 radical (unpaired) electrons. The van der Waals surface area contributed by atoms with Crippen LogP contribution >= 0.6 is 11.8 Å². The van der Waals surface area contributed by atoms with Crippen LogP contribution in [0.2, 0.25) is 0 Å². The predicted octanol–water partition coefficient (Wildman–Crippen LogP) is 3.73. The zero-order valence-corrected chi connectivity index (χ0v) is 15.9. The molecule has 0 fully saturated rings. The van der Waals surface area contributed by atoms with Crippen molar-refractivity contribution in [2.75, 3.05) is 5.32 Å². The number of carbonyl (C=O) groups is 1. The molecule has 0 saturated heterocycles. The van der Waals surface area contributed by atoms with Crippen molar-refractivity contribution in [1.29, 1.82) is 5.26 Å². The minimum absolute atomic E-state index is 0.280. The van der Waals surface area contributed by atoms with E-state index < -0.39 is 5.25 Å². The Hall–Kier alpha value is -3.18. The van der Waals surface area contributed by atoms with Crippen LogP contribution < -0.4 is 5.32 Å². The van der Waals surface area contributed by atoms with Crippen molar-refractivity contribution < 1.29 is 9.32 Å². The Morgan fingerprint density at radius 1 is 1.22 bits per heavy atom. The van der Waals surface area contributed by atoms with Gasteiger partial charge >= 0.3 is 0 Å². The van der Waals surface area contributed by atoms with Gasteiger partial charge in [-0.2, -0.15) is 5.26 Å². The van der Waals surface area contributed by atoms with Gasteiger partial charge in [0.2, 0.25) is 5.91 Å². The molecule has 3 rings (SSSR count). The average molecular weight is 379 g/mol. The molecule has 2 aromatic heterocycles. The molecule has 0 aliphatic rings. The number of thioether (sulfide) groups is 1. The predicted molar refractivity (Wildman–Crippen MR) is 101 cm³/mol. The van der Waals surface area contributed by atoms with Gasteiger partial charge < -0.3 is 9.84 Å². The Morgan fingerprint density at radius 2 is 1.96 bits per heavy atom. The van der Waals surface area contributed by atoms with E-state index in [9.17, 15) is 10.1 Å². The molecule has 1 aromatic carbocycles. The van der Waals surface area contributed by atoms with Crippen molar-refractivity contribution in [1.82, 2.24) is 15.1 Å². The third-order valence-electron chi connectivity index (χ3n) is 3.73. The number of nitrogens with one attached hydrogen (secondary N) is 1. The molecule has 0 aliphatic carbocycles. The standard InChI is InChI=1S/C19H17N5O2S/c1-11-9-16(24-26-11)23-18(25)17(14-7-5-4-6-8-14)27-19-15(10-20)12(2)21-13(3)22-19/h4-9,17H,1-3H3,(H,23,24,25). The fraction of sp³-hybridized carbons (Fsp3) is 0.211. The highest BCUT2D eigenvalue weighted by molar-refractivity contribution is 8.00. The molecular formula is C19H17N5O2S. The summed E-state index contributed by atoms with van der Waals surface area (Å²) in [5.41, 5.74) is 1.75. The number of aryl methyl sites for hydroxylation is 3. The molecule has 7 nitrogen and oxygen atoms in total. The summed E-state index contributed by atoms with van der Waals surface area (Å²) in [6.07, 6.45) is 0. The van der Waals surface area contributed by atoms with Gasteiger partial charge in [-0.3, -0.25) is 4.79 Å². The van der Waals surface area contributed by atoms with E-state index in [4.69, 9.17) is 4.52 Å². The van der Waals surface area contributed by atoms with Gasteiger partial charge in [-0.15, -0.1) is 0 Å². The number of rotatable bonds is 5. The molecule has 0 spiro atoms. The van der Waals surface area contributed by atoms with Gasteiger partial charge in [0.05, 0.1) is 5.69 Å². The summed E-state index contributed by atoms with van der Waals surface area (Å²) < 4.78 is 5.00. The van der Waals surface area contributed by atoms with Gasteiger partial charge in [0.1, 0.15) is 33.5 Å². The maximum Gasteiger partial charge on any atom is 0.243 e. The second-order valence-corrected chi connectivity index (χ2v) is 6.96. The third-order valence-corrected chi connectivity index (χ3v) is 4.97. The van der Waals surface area contributed by atoms with Crippen LogP contribution in [0, 0.1) is 32.1 Å². The fourth-order valence-corrected chi connectivity index (χ4v) is 3.70. The largest absolute Gasteiger partial charge is 0.360 e. The molecule has 1 amide bonds. The van der Waals surface area contributed by atoms with E-state index in [0.29, 0.717) is 33.7 Å². The van der Waals surface area contributed by atoms with Crippen molar-refractivity contribution >= 4 is 23.5 Å². The van der Waals surface area contributed by atoms with Gasteiger partial charge in [-0.05, 0) is 26.3 Å². The number of nitriles is 1. The first-order chi connectivity index (χ1) is 13.0. The first-order valence-electron chi connectivity index (χ1n) is 8.19. The van der Waals surface area contributed by atoms with Crippen molar-refractivity contribution in [3.05, 3.63) is 64.8 Å². The van der Waals surface area contributed by atoms with Gasteiger partial charge in [-0.1, -0.05) is 47.3 Å². The van der Waals surface area contributed by atoms with Crippen LogP contribution in [0.25, 0.3) is 0 Å². The lowest BCUT2D eigenvalue weighted by atomic mass is 10.1. The monoisotopic (exact) mass is 379 g/mol. The first-order valence-corrected chi connectivity index (χ1v) is 9.07. The second kappa shape index (κ2) is 8.01. The van der Waals surface area contributed by atoms with Crippen LogP contribution in [0.1, 0.15) is 33.7 Å². The Bertz CT molecular complexity index is 1010. The number of amides is 1. The lowest BCUT2D eigenvalue weighted by Gasteiger charge is -2.17. The van der Waals surface area contributed by atoms with Crippen molar-refractivity contribution in [3.8, 4) is 6.07 Å². The van der Waals surface area contributed by atoms with Crippen LogP contribution in [-0.2, 0) is 4.79 Å². The Kier molecular flexibility index (Phi) is 5.52. The summed E-state index contributed by atoms with van der Waals surface area (Å²) in [4.78, 5) is 21.6. The maximum atomic E-state index is 13.0. The molecule has 2 heterocycles.